The number of esters is 1. The van der Waals surface area contributed by atoms with Gasteiger partial charge in [0.15, 0.2) is 24.0 Å². The molecule has 0 aliphatic carbocycles. The Morgan fingerprint density at radius 1 is 1.03 bits per heavy atom. The number of fused-ring (bicyclic) bond motifs is 1. The number of ether oxygens (including phenoxy) is 2. The highest BCUT2D eigenvalue weighted by Gasteiger charge is 2.34. The lowest BCUT2D eigenvalue weighted by Gasteiger charge is -2.14. The van der Waals surface area contributed by atoms with Crippen molar-refractivity contribution in [2.24, 2.45) is 0 Å². The van der Waals surface area contributed by atoms with Gasteiger partial charge in [-0.15, -0.1) is 11.8 Å². The van der Waals surface area contributed by atoms with E-state index in [2.05, 4.69) is 4.74 Å². The Labute approximate surface area is 183 Å². The van der Waals surface area contributed by atoms with E-state index in [0.717, 1.165) is 28.8 Å². The summed E-state index contributed by atoms with van der Waals surface area (Å²) in [5.74, 6) is -3.83. The molecule has 166 valence electrons. The molecule has 0 fully saturated rings. The van der Waals surface area contributed by atoms with Crippen molar-refractivity contribution in [2.75, 3.05) is 25.5 Å². The van der Waals surface area contributed by atoms with Gasteiger partial charge in [0.25, 0.3) is 11.8 Å². The summed E-state index contributed by atoms with van der Waals surface area (Å²) in [4.78, 5) is 37.2. The summed E-state index contributed by atoms with van der Waals surface area (Å²) in [7, 11) is 0. The normalized spacial score (nSPS) is 12.2. The summed E-state index contributed by atoms with van der Waals surface area (Å²) in [6, 6.07) is 8.66. The molecule has 31 heavy (non-hydrogen) atoms. The maximum absolute atomic E-state index is 14.1. The van der Waals surface area contributed by atoms with E-state index in [1.54, 1.807) is 31.2 Å². The molecular weight excluding hydrogens is 428 g/mol. The van der Waals surface area contributed by atoms with Gasteiger partial charge in [0.05, 0.1) is 17.7 Å². The van der Waals surface area contributed by atoms with Crippen molar-refractivity contribution < 1.29 is 32.6 Å². The van der Waals surface area contributed by atoms with E-state index < -0.39 is 30.0 Å². The maximum atomic E-state index is 14.1. The molecule has 0 spiro atoms. The van der Waals surface area contributed by atoms with Gasteiger partial charge in [-0.05, 0) is 31.2 Å². The lowest BCUT2D eigenvalue weighted by Crippen LogP contribution is -2.31. The number of amides is 2. The molecule has 0 radical (unpaired) electrons. The topological polar surface area (TPSA) is 72.9 Å². The fourth-order valence-electron chi connectivity index (χ4n) is 2.79. The quantitative estimate of drug-likeness (QED) is 0.338. The predicted molar refractivity (Wildman–Crippen MR) is 112 cm³/mol. The minimum absolute atomic E-state index is 0.0986. The van der Waals surface area contributed by atoms with Crippen molar-refractivity contribution in [3.8, 4) is 5.75 Å². The molecule has 2 amide bonds. The molecule has 6 nitrogen and oxygen atoms in total. The first-order valence-corrected chi connectivity index (χ1v) is 10.8. The van der Waals surface area contributed by atoms with Crippen LogP contribution in [-0.4, -0.2) is 48.2 Å². The van der Waals surface area contributed by atoms with Crippen molar-refractivity contribution in [2.45, 2.75) is 25.7 Å². The van der Waals surface area contributed by atoms with Crippen LogP contribution in [0.3, 0.4) is 0 Å². The maximum Gasteiger partial charge on any atom is 0.344 e. The van der Waals surface area contributed by atoms with Crippen LogP contribution >= 0.6 is 11.8 Å². The number of hydrogen-bond acceptors (Lipinski definition) is 6. The zero-order chi connectivity index (χ0) is 23.0. The van der Waals surface area contributed by atoms with Crippen LogP contribution in [0.25, 0.3) is 0 Å². The summed E-state index contributed by atoms with van der Waals surface area (Å²) in [5, 5.41) is 0. The fourth-order valence-corrected chi connectivity index (χ4v) is 3.67. The van der Waals surface area contributed by atoms with Gasteiger partial charge in [0.2, 0.25) is 0 Å². The summed E-state index contributed by atoms with van der Waals surface area (Å²) >= 11 is 1.09. The van der Waals surface area contributed by atoms with E-state index in [0.29, 0.717) is 11.1 Å². The Hall–Kier alpha value is -2.94. The largest absolute Gasteiger partial charge is 0.476 e. The van der Waals surface area contributed by atoms with Crippen LogP contribution in [0.2, 0.25) is 0 Å². The second-order valence-electron chi connectivity index (χ2n) is 5.97. The first kappa shape index (κ1) is 24.3. The SMILES string of the molecule is CC.CCOC(=O)COc1c(F)cc(SCCN2C(=O)c3ccccc3C2=O)cc1F. The molecule has 1 aliphatic heterocycles. The third kappa shape index (κ3) is 5.81. The smallest absolute Gasteiger partial charge is 0.344 e. The molecule has 9 heteroatoms. The number of rotatable bonds is 8. The van der Waals surface area contributed by atoms with Gasteiger partial charge in [0.1, 0.15) is 0 Å². The molecule has 0 aromatic heterocycles. The van der Waals surface area contributed by atoms with E-state index in [-0.39, 0.29) is 35.6 Å². The highest BCUT2D eigenvalue weighted by molar-refractivity contribution is 7.99. The lowest BCUT2D eigenvalue weighted by atomic mass is 10.1. The number of halogens is 2. The average Bonchev–Trinajstić information content (AvgIpc) is 3.00. The van der Waals surface area contributed by atoms with Crippen molar-refractivity contribution in [3.63, 3.8) is 0 Å². The molecule has 2 aromatic carbocycles. The zero-order valence-electron chi connectivity index (χ0n) is 17.4. The summed E-state index contributed by atoms with van der Waals surface area (Å²) in [6.45, 7) is 5.23. The van der Waals surface area contributed by atoms with Crippen LogP contribution in [0, 0.1) is 11.6 Å². The molecule has 1 aliphatic rings. The molecule has 0 saturated carbocycles. The van der Waals surface area contributed by atoms with E-state index >= 15 is 0 Å². The third-order valence-corrected chi connectivity index (χ3v) is 5.03. The molecule has 1 heterocycles. The molecule has 0 atom stereocenters. The molecule has 0 unspecified atom stereocenters. The Morgan fingerprint density at radius 2 is 1.58 bits per heavy atom. The van der Waals surface area contributed by atoms with Gasteiger partial charge in [0, 0.05) is 17.2 Å². The van der Waals surface area contributed by atoms with Gasteiger partial charge in [-0.1, -0.05) is 26.0 Å². The zero-order valence-corrected chi connectivity index (χ0v) is 18.3. The first-order valence-electron chi connectivity index (χ1n) is 9.77. The van der Waals surface area contributed by atoms with Crippen LogP contribution in [0.1, 0.15) is 41.5 Å². The highest BCUT2D eigenvalue weighted by Crippen LogP contribution is 2.29. The van der Waals surface area contributed by atoms with Crippen LogP contribution in [0.15, 0.2) is 41.3 Å². The Balaban J connectivity index is 0.00000166. The first-order chi connectivity index (χ1) is 14.9. The van der Waals surface area contributed by atoms with Crippen molar-refractivity contribution in [1.82, 2.24) is 4.90 Å². The molecule has 0 bridgehead atoms. The molecule has 3 rings (SSSR count). The number of carbonyl (C=O) groups is 3. The predicted octanol–water partition coefficient (Wildman–Crippen LogP) is 4.32. The highest BCUT2D eigenvalue weighted by atomic mass is 32.2. The van der Waals surface area contributed by atoms with Gasteiger partial charge in [-0.2, -0.15) is 0 Å². The minimum Gasteiger partial charge on any atom is -0.476 e. The monoisotopic (exact) mass is 451 g/mol. The number of thioether (sulfide) groups is 1. The molecule has 0 N–H and O–H groups in total. The van der Waals surface area contributed by atoms with E-state index in [1.165, 1.54) is 0 Å². The number of hydrogen-bond donors (Lipinski definition) is 0. The van der Waals surface area contributed by atoms with Crippen molar-refractivity contribution >= 4 is 29.5 Å². The van der Waals surface area contributed by atoms with Gasteiger partial charge >= 0.3 is 5.97 Å². The van der Waals surface area contributed by atoms with Crippen LogP contribution in [-0.2, 0) is 9.53 Å². The summed E-state index contributed by atoms with van der Waals surface area (Å²) < 4.78 is 37.8. The van der Waals surface area contributed by atoms with Crippen LogP contribution in [0.4, 0.5) is 8.78 Å². The minimum atomic E-state index is -0.961. The standard InChI is InChI=1S/C20H17F2NO5S.C2H6/c1-2-27-17(24)11-28-18-15(21)9-12(10-16(18)22)29-8-7-23-19(25)13-5-3-4-6-14(13)20(23)26;1-2/h3-6,9-10H,2,7-8,11H2,1H3;1-2H3. The van der Waals surface area contributed by atoms with E-state index in [9.17, 15) is 23.2 Å². The van der Waals surface area contributed by atoms with Crippen molar-refractivity contribution in [1.29, 1.82) is 0 Å². The number of imide groups is 1. The van der Waals surface area contributed by atoms with Crippen LogP contribution in [0.5, 0.6) is 5.75 Å². The summed E-state index contributed by atoms with van der Waals surface area (Å²) in [5.41, 5.74) is 0.699. The Bertz CT molecular complexity index is 909. The van der Waals surface area contributed by atoms with E-state index in [1.807, 2.05) is 13.8 Å². The Kier molecular flexibility index (Phi) is 8.99. The van der Waals surface area contributed by atoms with Gasteiger partial charge in [-0.25, -0.2) is 13.6 Å². The number of benzene rings is 2. The fraction of sp³-hybridized carbons (Fsp3) is 0.318. The second-order valence-corrected chi connectivity index (χ2v) is 7.13. The molecule has 2 aromatic rings. The van der Waals surface area contributed by atoms with Crippen molar-refractivity contribution in [3.05, 3.63) is 59.2 Å². The van der Waals surface area contributed by atoms with E-state index in [4.69, 9.17) is 4.74 Å². The Morgan fingerprint density at radius 3 is 2.10 bits per heavy atom. The van der Waals surface area contributed by atoms with Gasteiger partial charge < -0.3 is 9.47 Å². The third-order valence-electron chi connectivity index (χ3n) is 4.07. The molecule has 0 saturated heterocycles. The molecular formula is C22H23F2NO5S. The van der Waals surface area contributed by atoms with Crippen LogP contribution < -0.4 is 4.74 Å². The van der Waals surface area contributed by atoms with Gasteiger partial charge in [-0.3, -0.25) is 14.5 Å². The average molecular weight is 451 g/mol. The number of carbonyl (C=O) groups excluding carboxylic acids is 3. The number of nitrogens with zero attached hydrogens (tertiary/aromatic N) is 1. The second kappa shape index (κ2) is 11.5. The summed E-state index contributed by atoms with van der Waals surface area (Å²) in [6.07, 6.45) is 0. The lowest BCUT2D eigenvalue weighted by molar-refractivity contribution is -0.145.